The first kappa shape index (κ1) is 20.0. The van der Waals surface area contributed by atoms with Crippen LogP contribution < -0.4 is 5.32 Å². The molecule has 10 heteroatoms. The highest BCUT2D eigenvalue weighted by atomic mass is 32.2. The number of aryl methyl sites for hydroxylation is 1. The van der Waals surface area contributed by atoms with Gasteiger partial charge >= 0.3 is 0 Å². The third-order valence-corrected chi connectivity index (χ3v) is 5.85. The predicted molar refractivity (Wildman–Crippen MR) is 104 cm³/mol. The van der Waals surface area contributed by atoms with Crippen molar-refractivity contribution in [1.82, 2.24) is 18.8 Å². The molecule has 9 nitrogen and oxygen atoms in total. The van der Waals surface area contributed by atoms with Gasteiger partial charge in [-0.15, -0.1) is 0 Å². The molecule has 3 rings (SSSR count). The second-order valence-corrected chi connectivity index (χ2v) is 8.62. The maximum atomic E-state index is 12.7. The second-order valence-electron chi connectivity index (χ2n) is 6.63. The summed E-state index contributed by atoms with van der Waals surface area (Å²) in [6, 6.07) is 6.77. The van der Waals surface area contributed by atoms with Gasteiger partial charge in [-0.3, -0.25) is 9.59 Å². The van der Waals surface area contributed by atoms with E-state index >= 15 is 0 Å². The molecule has 0 unspecified atom stereocenters. The van der Waals surface area contributed by atoms with Gasteiger partial charge in [0.15, 0.2) is 0 Å². The molecule has 150 valence electrons. The fraction of sp³-hybridized carbons (Fsp3) is 0.389. The summed E-state index contributed by atoms with van der Waals surface area (Å²) in [6.45, 7) is 1.78. The number of benzene rings is 1. The van der Waals surface area contributed by atoms with Crippen molar-refractivity contribution in [1.29, 1.82) is 0 Å². The zero-order valence-corrected chi connectivity index (χ0v) is 16.4. The molecule has 0 bridgehead atoms. The fourth-order valence-electron chi connectivity index (χ4n) is 3.01. The molecule has 1 fully saturated rings. The summed E-state index contributed by atoms with van der Waals surface area (Å²) in [6.07, 6.45) is 6.56. The van der Waals surface area contributed by atoms with Crippen molar-refractivity contribution in [3.05, 3.63) is 48.5 Å². The SMILES string of the molecule is CS(=O)(=O)N1CCN(C(=O)c2cccc(NC(=O)CCn3ccnc3)c2)CC1. The largest absolute Gasteiger partial charge is 0.337 e. The third kappa shape index (κ3) is 5.17. The Morgan fingerprint density at radius 3 is 2.57 bits per heavy atom. The van der Waals surface area contributed by atoms with Crippen LogP contribution in [0.5, 0.6) is 0 Å². The quantitative estimate of drug-likeness (QED) is 0.759. The van der Waals surface area contributed by atoms with Crippen LogP contribution >= 0.6 is 0 Å². The van der Waals surface area contributed by atoms with Crippen molar-refractivity contribution in [3.63, 3.8) is 0 Å². The fourth-order valence-corrected chi connectivity index (χ4v) is 3.84. The Labute approximate surface area is 164 Å². The van der Waals surface area contributed by atoms with E-state index in [1.807, 2.05) is 4.57 Å². The highest BCUT2D eigenvalue weighted by molar-refractivity contribution is 7.88. The van der Waals surface area contributed by atoms with Crippen molar-refractivity contribution < 1.29 is 18.0 Å². The zero-order chi connectivity index (χ0) is 20.1. The molecule has 0 aliphatic carbocycles. The lowest BCUT2D eigenvalue weighted by Gasteiger charge is -2.33. The Hall–Kier alpha value is -2.72. The molecule has 2 aromatic rings. The van der Waals surface area contributed by atoms with E-state index < -0.39 is 10.0 Å². The summed E-state index contributed by atoms with van der Waals surface area (Å²) >= 11 is 0. The number of hydrogen-bond donors (Lipinski definition) is 1. The van der Waals surface area contributed by atoms with Crippen LogP contribution in [-0.4, -0.2) is 71.4 Å². The molecule has 0 saturated carbocycles. The van der Waals surface area contributed by atoms with Gasteiger partial charge < -0.3 is 14.8 Å². The van der Waals surface area contributed by atoms with Crippen LogP contribution in [0, 0.1) is 0 Å². The first-order chi connectivity index (χ1) is 13.3. The van der Waals surface area contributed by atoms with Gasteiger partial charge in [-0.05, 0) is 18.2 Å². The molecule has 1 N–H and O–H groups in total. The Kier molecular flexibility index (Phi) is 6.10. The number of aromatic nitrogens is 2. The van der Waals surface area contributed by atoms with Crippen molar-refractivity contribution >= 4 is 27.5 Å². The molecule has 2 heterocycles. The molecule has 1 saturated heterocycles. The van der Waals surface area contributed by atoms with Crippen LogP contribution in [0.1, 0.15) is 16.8 Å². The molecule has 0 spiro atoms. The third-order valence-electron chi connectivity index (χ3n) is 4.54. The van der Waals surface area contributed by atoms with Crippen LogP contribution in [0.2, 0.25) is 0 Å². The van der Waals surface area contributed by atoms with E-state index in [4.69, 9.17) is 0 Å². The molecule has 1 aliphatic heterocycles. The van der Waals surface area contributed by atoms with Gasteiger partial charge in [0.2, 0.25) is 15.9 Å². The summed E-state index contributed by atoms with van der Waals surface area (Å²) in [5.41, 5.74) is 1.01. The van der Waals surface area contributed by atoms with Crippen molar-refractivity contribution in [2.45, 2.75) is 13.0 Å². The number of piperazine rings is 1. The number of sulfonamides is 1. The highest BCUT2D eigenvalue weighted by Crippen LogP contribution is 2.15. The molecular formula is C18H23N5O4S. The maximum Gasteiger partial charge on any atom is 0.254 e. The van der Waals surface area contributed by atoms with Gasteiger partial charge in [-0.2, -0.15) is 4.31 Å². The number of anilines is 1. The van der Waals surface area contributed by atoms with Gasteiger partial charge in [0.25, 0.3) is 5.91 Å². The molecular weight excluding hydrogens is 382 g/mol. The van der Waals surface area contributed by atoms with Gasteiger partial charge in [-0.25, -0.2) is 13.4 Å². The number of rotatable bonds is 6. The van der Waals surface area contributed by atoms with Crippen LogP contribution in [0.25, 0.3) is 0 Å². The summed E-state index contributed by atoms with van der Waals surface area (Å²) in [7, 11) is -3.24. The predicted octanol–water partition coefficient (Wildman–Crippen LogP) is 0.629. The number of nitrogens with zero attached hydrogens (tertiary/aromatic N) is 4. The number of imidazole rings is 1. The number of carbonyl (C=O) groups is 2. The molecule has 1 aromatic carbocycles. The lowest BCUT2D eigenvalue weighted by atomic mass is 10.1. The standard InChI is InChI=1S/C18H23N5O4S/c1-28(26,27)23-11-9-22(10-12-23)18(25)15-3-2-4-16(13-15)20-17(24)5-7-21-8-6-19-14-21/h2-4,6,8,13-14H,5,7,9-12H2,1H3,(H,20,24). The first-order valence-corrected chi connectivity index (χ1v) is 10.8. The minimum atomic E-state index is -3.24. The van der Waals surface area contributed by atoms with E-state index in [-0.39, 0.29) is 24.9 Å². The van der Waals surface area contributed by atoms with Crippen molar-refractivity contribution in [2.75, 3.05) is 37.8 Å². The molecule has 1 aliphatic rings. The monoisotopic (exact) mass is 405 g/mol. The molecule has 1 aromatic heterocycles. The van der Waals surface area contributed by atoms with Gasteiger partial charge in [-0.1, -0.05) is 6.07 Å². The van der Waals surface area contributed by atoms with Crippen LogP contribution in [-0.2, 0) is 21.4 Å². The molecule has 0 atom stereocenters. The van der Waals surface area contributed by atoms with E-state index in [1.54, 1.807) is 47.9 Å². The number of hydrogen-bond acceptors (Lipinski definition) is 5. The molecule has 0 radical (unpaired) electrons. The molecule has 28 heavy (non-hydrogen) atoms. The van der Waals surface area contributed by atoms with E-state index in [2.05, 4.69) is 10.3 Å². The van der Waals surface area contributed by atoms with Crippen molar-refractivity contribution in [2.24, 2.45) is 0 Å². The lowest BCUT2D eigenvalue weighted by molar-refractivity contribution is -0.116. The minimum absolute atomic E-state index is 0.153. The van der Waals surface area contributed by atoms with E-state index in [1.165, 1.54) is 10.6 Å². The van der Waals surface area contributed by atoms with Crippen LogP contribution in [0.4, 0.5) is 5.69 Å². The lowest BCUT2D eigenvalue weighted by Crippen LogP contribution is -2.50. The van der Waals surface area contributed by atoms with E-state index in [0.717, 1.165) is 0 Å². The van der Waals surface area contributed by atoms with Gasteiger partial charge in [0.1, 0.15) is 0 Å². The first-order valence-electron chi connectivity index (χ1n) is 8.93. The Balaban J connectivity index is 1.56. The van der Waals surface area contributed by atoms with Crippen molar-refractivity contribution in [3.8, 4) is 0 Å². The number of nitrogens with one attached hydrogen (secondary N) is 1. The number of carbonyl (C=O) groups excluding carboxylic acids is 2. The Morgan fingerprint density at radius 2 is 1.93 bits per heavy atom. The molecule has 2 amide bonds. The minimum Gasteiger partial charge on any atom is -0.337 e. The van der Waals surface area contributed by atoms with Gasteiger partial charge in [0, 0.05) is 62.8 Å². The average Bonchev–Trinajstić information content (AvgIpc) is 3.19. The summed E-state index contributed by atoms with van der Waals surface area (Å²) in [5.74, 6) is -0.331. The summed E-state index contributed by atoms with van der Waals surface area (Å²) in [4.78, 5) is 30.4. The normalized spacial score (nSPS) is 15.4. The summed E-state index contributed by atoms with van der Waals surface area (Å²) in [5, 5.41) is 2.80. The maximum absolute atomic E-state index is 12.7. The number of amides is 2. The van der Waals surface area contributed by atoms with Crippen LogP contribution in [0.3, 0.4) is 0 Å². The highest BCUT2D eigenvalue weighted by Gasteiger charge is 2.26. The Morgan fingerprint density at radius 1 is 1.18 bits per heavy atom. The zero-order valence-electron chi connectivity index (χ0n) is 15.6. The van der Waals surface area contributed by atoms with Crippen LogP contribution in [0.15, 0.2) is 43.0 Å². The topological polar surface area (TPSA) is 105 Å². The van der Waals surface area contributed by atoms with Gasteiger partial charge in [0.05, 0.1) is 12.6 Å². The second kappa shape index (κ2) is 8.53. The smallest absolute Gasteiger partial charge is 0.254 e. The van der Waals surface area contributed by atoms with E-state index in [9.17, 15) is 18.0 Å². The average molecular weight is 405 g/mol. The summed E-state index contributed by atoms with van der Waals surface area (Å²) < 4.78 is 26.4. The Bertz CT molecular complexity index is 935. The van der Waals surface area contributed by atoms with E-state index in [0.29, 0.717) is 37.3 Å².